The molecule has 1 aliphatic rings. The van der Waals surface area contributed by atoms with Crippen LogP contribution >= 0.6 is 7.82 Å². The molecule has 6 atom stereocenters. The highest BCUT2D eigenvalue weighted by molar-refractivity contribution is 7.47. The molecule has 0 radical (unpaired) electrons. The van der Waals surface area contributed by atoms with Gasteiger partial charge in [0.15, 0.2) is 0 Å². The van der Waals surface area contributed by atoms with Crippen LogP contribution < -0.4 is 0 Å². The summed E-state index contributed by atoms with van der Waals surface area (Å²) >= 11 is 0. The number of phosphoric ester groups is 1. The Hall–Kier alpha value is -2.22. The summed E-state index contributed by atoms with van der Waals surface area (Å²) in [4.78, 5) is 23.2. The third-order valence-electron chi connectivity index (χ3n) is 11.1. The van der Waals surface area contributed by atoms with Gasteiger partial charge in [0, 0.05) is 13.0 Å². The Kier molecular flexibility index (Phi) is 38.3. The SMILES string of the molecule is CC/C=C\C/C=C\C/C=C\CCCCCC(=O)OC(COCCCCCCCCCCC/C=C\C/C=C\C/C=C\CCCCCCC)COP(=O)(O)OC1C(O)C(O)C(O)C(O)C1O. The van der Waals surface area contributed by atoms with Gasteiger partial charge in [0.05, 0.1) is 13.2 Å². The predicted molar refractivity (Wildman–Crippen MR) is 258 cm³/mol. The van der Waals surface area contributed by atoms with Gasteiger partial charge in [-0.2, -0.15) is 0 Å². The molecule has 0 aliphatic heterocycles. The molecule has 1 fully saturated rings. The van der Waals surface area contributed by atoms with Gasteiger partial charge in [-0.3, -0.25) is 13.8 Å². The number of rotatable bonds is 41. The first-order valence-electron chi connectivity index (χ1n) is 24.8. The number of hydrogen-bond donors (Lipinski definition) is 6. The Morgan fingerprint density at radius 2 is 0.922 bits per heavy atom. The minimum Gasteiger partial charge on any atom is -0.457 e. The van der Waals surface area contributed by atoms with Crippen molar-refractivity contribution in [2.45, 2.75) is 224 Å². The molecule has 12 nitrogen and oxygen atoms in total. The van der Waals surface area contributed by atoms with Crippen molar-refractivity contribution in [3.8, 4) is 0 Å². The number of aliphatic hydroxyl groups is 5. The molecule has 0 aromatic carbocycles. The predicted octanol–water partition coefficient (Wildman–Crippen LogP) is 10.8. The quantitative estimate of drug-likeness (QED) is 0.0147. The zero-order chi connectivity index (χ0) is 46.9. The number of phosphoric acid groups is 1. The number of ether oxygens (including phenoxy) is 2. The molecule has 1 aliphatic carbocycles. The maximum absolute atomic E-state index is 12.8. The Morgan fingerprint density at radius 1 is 0.516 bits per heavy atom. The van der Waals surface area contributed by atoms with Crippen LogP contribution in [0.25, 0.3) is 0 Å². The fraction of sp³-hybridized carbons (Fsp3) is 0.745. The van der Waals surface area contributed by atoms with Crippen molar-refractivity contribution in [3.05, 3.63) is 72.9 Å². The van der Waals surface area contributed by atoms with Gasteiger partial charge in [0.2, 0.25) is 0 Å². The Morgan fingerprint density at radius 3 is 1.41 bits per heavy atom. The Bertz CT molecular complexity index is 1330. The van der Waals surface area contributed by atoms with E-state index in [1.54, 1.807) is 0 Å². The van der Waals surface area contributed by atoms with Gasteiger partial charge >= 0.3 is 13.8 Å². The highest BCUT2D eigenvalue weighted by Crippen LogP contribution is 2.47. The summed E-state index contributed by atoms with van der Waals surface area (Å²) in [7, 11) is -5.03. The van der Waals surface area contributed by atoms with Gasteiger partial charge < -0.3 is 39.9 Å². The van der Waals surface area contributed by atoms with Crippen molar-refractivity contribution in [1.82, 2.24) is 0 Å². The van der Waals surface area contributed by atoms with Crippen LogP contribution in [0.2, 0.25) is 0 Å². The normalized spacial score (nSPS) is 22.3. The van der Waals surface area contributed by atoms with Crippen molar-refractivity contribution in [3.63, 3.8) is 0 Å². The maximum atomic E-state index is 12.8. The number of carbonyl (C=O) groups is 1. The fourth-order valence-electron chi connectivity index (χ4n) is 7.14. The van der Waals surface area contributed by atoms with Gasteiger partial charge in [-0.05, 0) is 83.5 Å². The highest BCUT2D eigenvalue weighted by atomic mass is 31.2. The van der Waals surface area contributed by atoms with E-state index in [4.69, 9.17) is 18.5 Å². The van der Waals surface area contributed by atoms with Crippen LogP contribution in [-0.4, -0.2) is 98.9 Å². The van der Waals surface area contributed by atoms with Crippen LogP contribution in [0.4, 0.5) is 0 Å². The highest BCUT2D eigenvalue weighted by Gasteiger charge is 2.51. The first kappa shape index (κ1) is 59.8. The van der Waals surface area contributed by atoms with Gasteiger partial charge in [-0.25, -0.2) is 4.57 Å². The number of unbranched alkanes of at least 4 members (excludes halogenated alkanes) is 17. The lowest BCUT2D eigenvalue weighted by atomic mass is 9.85. The van der Waals surface area contributed by atoms with Crippen LogP contribution in [0.3, 0.4) is 0 Å². The second-order valence-corrected chi connectivity index (χ2v) is 18.3. The van der Waals surface area contributed by atoms with Crippen LogP contribution in [0.5, 0.6) is 0 Å². The van der Waals surface area contributed by atoms with E-state index in [0.717, 1.165) is 83.5 Å². The number of allylic oxidation sites excluding steroid dienone is 12. The topological polar surface area (TPSA) is 192 Å². The number of aliphatic hydroxyl groups excluding tert-OH is 5. The van der Waals surface area contributed by atoms with E-state index in [-0.39, 0.29) is 13.0 Å². The summed E-state index contributed by atoms with van der Waals surface area (Å²) in [5.74, 6) is -0.510. The summed E-state index contributed by atoms with van der Waals surface area (Å²) in [5, 5.41) is 50.2. The van der Waals surface area contributed by atoms with E-state index in [1.807, 2.05) is 0 Å². The lowest BCUT2D eigenvalue weighted by molar-refractivity contribution is -0.220. The molecule has 13 heteroatoms. The number of esters is 1. The van der Waals surface area contributed by atoms with E-state index in [0.29, 0.717) is 13.0 Å². The number of hydrogen-bond acceptors (Lipinski definition) is 11. The Balaban J connectivity index is 2.34. The minimum absolute atomic E-state index is 0.0962. The maximum Gasteiger partial charge on any atom is 0.472 e. The van der Waals surface area contributed by atoms with Crippen molar-refractivity contribution >= 4 is 13.8 Å². The van der Waals surface area contributed by atoms with Gasteiger partial charge in [-0.15, -0.1) is 0 Å². The molecule has 0 spiro atoms. The standard InChI is InChI=1S/C51H89O12P/c1-3-5-7-9-11-13-15-17-18-19-20-21-22-23-24-25-26-27-29-31-33-35-37-39-41-60-42-44(43-61-64(58,59)63-51-49(56)47(54)46(53)48(55)50(51)57)62-45(52)40-38-36-34-32-30-28-16-14-12-10-8-6-4-2/h6,8,12,14-15,17,19-20,22-23,28,30,44,46-51,53-57H,3-5,7,9-11,13,16,18,21,24-27,29,31-43H2,1-2H3,(H,58,59)/b8-6-,14-12-,17-15-,20-19-,23-22-,30-28-. The van der Waals surface area contributed by atoms with Crippen LogP contribution in [-0.2, 0) is 27.9 Å². The molecule has 6 unspecified atom stereocenters. The van der Waals surface area contributed by atoms with E-state index < -0.39 is 63.1 Å². The summed E-state index contributed by atoms with van der Waals surface area (Å²) in [6.07, 6.45) is 41.2. The average molecular weight is 925 g/mol. The fourth-order valence-corrected chi connectivity index (χ4v) is 8.11. The Labute approximate surface area is 387 Å². The molecule has 1 rings (SSSR count). The molecule has 0 aromatic rings. The third kappa shape index (κ3) is 32.5. The summed E-state index contributed by atoms with van der Waals surface area (Å²) < 4.78 is 34.2. The molecule has 0 amide bonds. The molecule has 6 N–H and O–H groups in total. The van der Waals surface area contributed by atoms with Crippen molar-refractivity contribution in [2.24, 2.45) is 0 Å². The van der Waals surface area contributed by atoms with Crippen molar-refractivity contribution in [2.75, 3.05) is 19.8 Å². The second kappa shape index (κ2) is 41.0. The molecule has 64 heavy (non-hydrogen) atoms. The molecule has 1 saturated carbocycles. The van der Waals surface area contributed by atoms with Crippen LogP contribution in [0, 0.1) is 0 Å². The molecular formula is C51H89O12P. The van der Waals surface area contributed by atoms with Crippen LogP contribution in [0.15, 0.2) is 72.9 Å². The smallest absolute Gasteiger partial charge is 0.457 e. The van der Waals surface area contributed by atoms with E-state index >= 15 is 0 Å². The largest absolute Gasteiger partial charge is 0.472 e. The molecule has 0 saturated heterocycles. The van der Waals surface area contributed by atoms with Gasteiger partial charge in [-0.1, -0.05) is 164 Å². The minimum atomic E-state index is -5.03. The van der Waals surface area contributed by atoms with Crippen LogP contribution in [0.1, 0.15) is 181 Å². The molecule has 370 valence electrons. The van der Waals surface area contributed by atoms with Gasteiger partial charge in [0.1, 0.15) is 42.7 Å². The summed E-state index contributed by atoms with van der Waals surface area (Å²) in [5.41, 5.74) is 0. The van der Waals surface area contributed by atoms with E-state index in [2.05, 4.69) is 86.8 Å². The summed E-state index contributed by atoms with van der Waals surface area (Å²) in [6, 6.07) is 0. The first-order valence-corrected chi connectivity index (χ1v) is 26.3. The first-order chi connectivity index (χ1) is 31.0. The molecule has 0 aromatic heterocycles. The number of carbonyl (C=O) groups excluding carboxylic acids is 1. The zero-order valence-electron chi connectivity index (χ0n) is 39.6. The second-order valence-electron chi connectivity index (χ2n) is 16.9. The third-order valence-corrected chi connectivity index (χ3v) is 12.0. The van der Waals surface area contributed by atoms with Crippen molar-refractivity contribution in [1.29, 1.82) is 0 Å². The van der Waals surface area contributed by atoms with E-state index in [1.165, 1.54) is 70.6 Å². The zero-order valence-corrected chi connectivity index (χ0v) is 40.5. The van der Waals surface area contributed by atoms with Crippen molar-refractivity contribution < 1.29 is 58.3 Å². The monoisotopic (exact) mass is 925 g/mol. The summed E-state index contributed by atoms with van der Waals surface area (Å²) in [6.45, 7) is 4.08. The molecule has 0 bridgehead atoms. The molecule has 0 heterocycles. The average Bonchev–Trinajstić information content (AvgIpc) is 3.28. The van der Waals surface area contributed by atoms with E-state index in [9.17, 15) is 39.8 Å². The lowest BCUT2D eigenvalue weighted by Crippen LogP contribution is -2.64. The lowest BCUT2D eigenvalue weighted by Gasteiger charge is -2.41. The molecular weight excluding hydrogens is 836 g/mol. The van der Waals surface area contributed by atoms with Gasteiger partial charge in [0.25, 0.3) is 0 Å².